The lowest BCUT2D eigenvalue weighted by molar-refractivity contribution is -0.143. The number of carbonyl (C=O) groups excluding carboxylic acids is 5. The van der Waals surface area contributed by atoms with Crippen LogP contribution in [0.25, 0.3) is 4.85 Å². The van der Waals surface area contributed by atoms with Crippen molar-refractivity contribution >= 4 is 38.2 Å². The molecule has 0 aliphatic carbocycles. The van der Waals surface area contributed by atoms with Gasteiger partial charge < -0.3 is 57.3 Å². The topological polar surface area (TPSA) is 191 Å². The van der Waals surface area contributed by atoms with E-state index in [-0.39, 0.29) is 104 Å². The van der Waals surface area contributed by atoms with Crippen LogP contribution in [0.2, 0.25) is 0 Å². The number of methoxy groups -OCH3 is 1. The number of hydrogen-bond acceptors (Lipinski definition) is 15. The zero-order chi connectivity index (χ0) is 55.1. The van der Waals surface area contributed by atoms with Crippen LogP contribution in [0, 0.1) is 17.4 Å². The molecule has 4 aromatic rings. The molecule has 19 heteroatoms. The van der Waals surface area contributed by atoms with Crippen LogP contribution < -0.4 is 24.3 Å². The van der Waals surface area contributed by atoms with Gasteiger partial charge in [-0.2, -0.15) is 0 Å². The molecule has 3 aliphatic heterocycles. The van der Waals surface area contributed by atoms with E-state index in [4.69, 9.17) is 48.8 Å². The van der Waals surface area contributed by atoms with Crippen molar-refractivity contribution in [2.24, 2.45) is 10.8 Å². The van der Waals surface area contributed by atoms with Crippen molar-refractivity contribution in [2.45, 2.75) is 105 Å². The minimum Gasteiger partial charge on any atom is -0.491 e. The molecular formula is C57H69N4O14P. The normalized spacial score (nSPS) is 16.9. The third-order valence-corrected chi connectivity index (χ3v) is 14.9. The summed E-state index contributed by atoms with van der Waals surface area (Å²) < 4.78 is 56.2. The summed E-state index contributed by atoms with van der Waals surface area (Å²) >= 11 is 0. The lowest BCUT2D eigenvalue weighted by Crippen LogP contribution is -2.38. The maximum absolute atomic E-state index is 13.9. The van der Waals surface area contributed by atoms with E-state index in [0.29, 0.717) is 47.6 Å². The zero-order valence-electron chi connectivity index (χ0n) is 45.2. The van der Waals surface area contributed by atoms with Crippen LogP contribution in [0.1, 0.15) is 123 Å². The number of likely N-dealkylation sites (tertiary alicyclic amines) is 1. The highest BCUT2D eigenvalue weighted by Gasteiger charge is 2.54. The van der Waals surface area contributed by atoms with E-state index in [1.807, 2.05) is 0 Å². The molecule has 18 nitrogen and oxygen atoms in total. The first kappa shape index (κ1) is 57.3. The SMILES string of the molecule is [C-]#[N+]CCOP(OC1CC(COC)N(C(=O)c2ccc(OCCOCCNC(=O)c3ccc4c(c3)C3(OC4=O)c4ccc(OC(=O)C(C)(C)C)cc4Oc4cc(OC(=O)C(C)(C)C)ccc43)cc2)C1)N(C(C)C)C(C)C. The third-order valence-electron chi connectivity index (χ3n) is 12.7. The Balaban J connectivity index is 0.957. The minimum atomic E-state index is -1.60. The van der Waals surface area contributed by atoms with E-state index < -0.39 is 48.8 Å². The summed E-state index contributed by atoms with van der Waals surface area (Å²) in [5.41, 5.74) is -0.991. The van der Waals surface area contributed by atoms with Crippen molar-refractivity contribution in [1.82, 2.24) is 14.9 Å². The molecule has 3 unspecified atom stereocenters. The number of hydrogen-bond donors (Lipinski definition) is 1. The van der Waals surface area contributed by atoms with Crippen molar-refractivity contribution in [1.29, 1.82) is 0 Å². The minimum absolute atomic E-state index is 0.149. The Morgan fingerprint density at radius 1 is 0.789 bits per heavy atom. The van der Waals surface area contributed by atoms with Gasteiger partial charge in [0.2, 0.25) is 6.54 Å². The van der Waals surface area contributed by atoms with Crippen LogP contribution in [0.5, 0.6) is 28.7 Å². The number of nitrogens with zero attached hydrogens (tertiary/aromatic N) is 3. The number of carbonyl (C=O) groups is 5. The van der Waals surface area contributed by atoms with E-state index in [1.165, 1.54) is 12.1 Å². The summed E-state index contributed by atoms with van der Waals surface area (Å²) in [7, 11) is 0.140. The van der Waals surface area contributed by atoms with Crippen LogP contribution in [0.4, 0.5) is 0 Å². The molecule has 0 bridgehead atoms. The predicted molar refractivity (Wildman–Crippen MR) is 283 cm³/mol. The second kappa shape index (κ2) is 24.3. The molecule has 2 amide bonds. The highest BCUT2D eigenvalue weighted by molar-refractivity contribution is 7.44. The first-order chi connectivity index (χ1) is 36.0. The molecular weight excluding hydrogens is 996 g/mol. The summed E-state index contributed by atoms with van der Waals surface area (Å²) in [6.45, 7) is 27.9. The molecule has 76 heavy (non-hydrogen) atoms. The Kier molecular flexibility index (Phi) is 18.3. The van der Waals surface area contributed by atoms with Crippen molar-refractivity contribution < 1.29 is 66.2 Å². The lowest BCUT2D eigenvalue weighted by Gasteiger charge is -2.37. The van der Waals surface area contributed by atoms with E-state index in [1.54, 1.807) is 120 Å². The maximum atomic E-state index is 13.9. The van der Waals surface area contributed by atoms with Crippen LogP contribution >= 0.6 is 8.53 Å². The van der Waals surface area contributed by atoms with E-state index in [0.717, 1.165) is 0 Å². The predicted octanol–water partition coefficient (Wildman–Crippen LogP) is 9.51. The molecule has 1 spiro atoms. The average Bonchev–Trinajstić information content (AvgIpc) is 4.00. The fraction of sp³-hybridized carbons (Fsp3) is 0.474. The molecule has 1 saturated heterocycles. The van der Waals surface area contributed by atoms with Crippen LogP contribution in [-0.2, 0) is 38.4 Å². The first-order valence-corrected chi connectivity index (χ1v) is 26.6. The molecule has 7 rings (SSSR count). The fourth-order valence-corrected chi connectivity index (χ4v) is 10.7. The quantitative estimate of drug-likeness (QED) is 0.0273. The molecule has 1 N–H and O–H groups in total. The van der Waals surface area contributed by atoms with Gasteiger partial charge in [-0.15, -0.1) is 0 Å². The molecule has 0 aromatic heterocycles. The van der Waals surface area contributed by atoms with Gasteiger partial charge >= 0.3 is 17.9 Å². The zero-order valence-corrected chi connectivity index (χ0v) is 46.1. The largest absolute Gasteiger partial charge is 0.491 e. The smallest absolute Gasteiger partial charge is 0.340 e. The van der Waals surface area contributed by atoms with Gasteiger partial charge in [0, 0.05) is 72.2 Å². The molecule has 3 aliphatic rings. The highest BCUT2D eigenvalue weighted by Crippen LogP contribution is 2.57. The second-order valence-electron chi connectivity index (χ2n) is 21.3. The van der Waals surface area contributed by atoms with Crippen molar-refractivity contribution in [3.63, 3.8) is 0 Å². The van der Waals surface area contributed by atoms with Gasteiger partial charge in [-0.05, 0) is 142 Å². The van der Waals surface area contributed by atoms with Crippen LogP contribution in [0.3, 0.4) is 0 Å². The summed E-state index contributed by atoms with van der Waals surface area (Å²) in [4.78, 5) is 72.3. The Hall–Kier alpha value is -6.45. The lowest BCUT2D eigenvalue weighted by atomic mass is 9.77. The monoisotopic (exact) mass is 1060 g/mol. The number of fused-ring (bicyclic) bond motifs is 6. The standard InChI is InChI=1S/C57H69N4O14P/c1-35(2)61(36(3)4)76(70-26-23-58-11)75-43-30-39(34-67-12)60(33-43)51(63)37-13-16-40(17-14-37)69-28-27-68-25-24-59-50(62)38-15-20-44-47(29-38)57(74-52(44)64)45-21-18-41(71-53(65)55(5,6)7)31-48(45)73-49-32-42(19-22-46(49)57)72-54(66)56(8,9)10/h13-22,29,31-32,35-36,39,43H,23-28,30,33-34H2,1-10,12H3,(H,59,62). The molecule has 4 aromatic carbocycles. The third kappa shape index (κ3) is 13.0. The van der Waals surface area contributed by atoms with E-state index >= 15 is 0 Å². The number of rotatable bonds is 21. The molecule has 406 valence electrons. The Labute approximate surface area is 446 Å². The van der Waals surface area contributed by atoms with Crippen molar-refractivity contribution in [3.8, 4) is 28.7 Å². The van der Waals surface area contributed by atoms with Gasteiger partial charge in [0.1, 0.15) is 42.0 Å². The fourth-order valence-electron chi connectivity index (χ4n) is 8.96. The Morgan fingerprint density at radius 3 is 1.95 bits per heavy atom. The maximum Gasteiger partial charge on any atom is 0.340 e. The molecule has 3 atom stereocenters. The van der Waals surface area contributed by atoms with E-state index in [9.17, 15) is 24.0 Å². The van der Waals surface area contributed by atoms with Crippen LogP contribution in [-0.4, -0.2) is 123 Å². The first-order valence-electron chi connectivity index (χ1n) is 25.4. The van der Waals surface area contributed by atoms with E-state index in [2.05, 4.69) is 42.5 Å². The van der Waals surface area contributed by atoms with Gasteiger partial charge in [0.25, 0.3) is 20.3 Å². The molecule has 0 saturated carbocycles. The number of ether oxygens (including phenoxy) is 7. The van der Waals surface area contributed by atoms with Gasteiger partial charge in [-0.1, -0.05) is 0 Å². The van der Waals surface area contributed by atoms with Crippen molar-refractivity contribution in [2.75, 3.05) is 59.8 Å². The second-order valence-corrected chi connectivity index (χ2v) is 22.7. The Bertz CT molecular complexity index is 2730. The average molecular weight is 1070 g/mol. The Morgan fingerprint density at radius 2 is 1.38 bits per heavy atom. The number of benzene rings is 4. The van der Waals surface area contributed by atoms with Gasteiger partial charge in [0.05, 0.1) is 48.4 Å². The molecule has 3 heterocycles. The number of amides is 2. The van der Waals surface area contributed by atoms with Crippen molar-refractivity contribution in [3.05, 3.63) is 124 Å². The van der Waals surface area contributed by atoms with Gasteiger partial charge in [0.15, 0.2) is 5.60 Å². The van der Waals surface area contributed by atoms with Gasteiger partial charge in [-0.3, -0.25) is 19.2 Å². The summed E-state index contributed by atoms with van der Waals surface area (Å²) in [6.07, 6.45) is 0.300. The van der Waals surface area contributed by atoms with Gasteiger partial charge in [-0.25, -0.2) is 16.0 Å². The number of esters is 3. The summed E-state index contributed by atoms with van der Waals surface area (Å²) in [6, 6.07) is 21.3. The highest BCUT2D eigenvalue weighted by atomic mass is 31.2. The molecule has 0 radical (unpaired) electrons. The summed E-state index contributed by atoms with van der Waals surface area (Å²) in [5.74, 6) is -0.755. The summed E-state index contributed by atoms with van der Waals surface area (Å²) in [5, 5.41) is 2.88. The van der Waals surface area contributed by atoms with Crippen LogP contribution in [0.15, 0.2) is 78.9 Å². The number of nitrogens with one attached hydrogen (secondary N) is 1. The molecule has 1 fully saturated rings.